The normalized spacial score (nSPS) is 19.3. The first-order valence-corrected chi connectivity index (χ1v) is 5.90. The number of benzene rings is 1. The predicted molar refractivity (Wildman–Crippen MR) is 66.2 cm³/mol. The number of hydrogen-bond acceptors (Lipinski definition) is 5. The molecule has 0 bridgehead atoms. The maximum absolute atomic E-state index is 10.7. The molecule has 1 atom stereocenters. The highest BCUT2D eigenvalue weighted by Crippen LogP contribution is 2.32. The quantitative estimate of drug-likeness (QED) is 0.652. The third-order valence-electron chi connectivity index (χ3n) is 2.90. The fourth-order valence-corrected chi connectivity index (χ4v) is 1.97. The molecule has 0 unspecified atom stereocenters. The van der Waals surface area contributed by atoms with Gasteiger partial charge in [-0.1, -0.05) is 0 Å². The Morgan fingerprint density at radius 1 is 1.44 bits per heavy atom. The maximum Gasteiger partial charge on any atom is 0.273 e. The van der Waals surface area contributed by atoms with E-state index in [0.29, 0.717) is 11.5 Å². The molecule has 1 aromatic rings. The Morgan fingerprint density at radius 3 is 2.89 bits per heavy atom. The van der Waals surface area contributed by atoms with E-state index in [2.05, 4.69) is 5.32 Å². The van der Waals surface area contributed by atoms with Crippen LogP contribution in [0, 0.1) is 10.1 Å². The number of non-ortho nitro benzene ring substituents is 1. The first-order valence-electron chi connectivity index (χ1n) is 5.90. The van der Waals surface area contributed by atoms with Crippen LogP contribution >= 0.6 is 0 Å². The van der Waals surface area contributed by atoms with Crippen molar-refractivity contribution in [3.05, 3.63) is 28.3 Å². The largest absolute Gasteiger partial charge is 0.493 e. The molecule has 1 N–H and O–H groups in total. The first kappa shape index (κ1) is 12.6. The molecule has 0 amide bonds. The van der Waals surface area contributed by atoms with Crippen LogP contribution in [0.25, 0.3) is 0 Å². The zero-order chi connectivity index (χ0) is 13.0. The lowest BCUT2D eigenvalue weighted by Gasteiger charge is -2.24. The molecule has 18 heavy (non-hydrogen) atoms. The molecule has 98 valence electrons. The fraction of sp³-hybridized carbons (Fsp3) is 0.500. The Kier molecular flexibility index (Phi) is 3.99. The van der Waals surface area contributed by atoms with Gasteiger partial charge >= 0.3 is 0 Å². The summed E-state index contributed by atoms with van der Waals surface area (Å²) >= 11 is 0. The van der Waals surface area contributed by atoms with Gasteiger partial charge in [0.1, 0.15) is 6.10 Å². The van der Waals surface area contributed by atoms with E-state index in [1.165, 1.54) is 19.2 Å². The number of piperidine rings is 1. The lowest BCUT2D eigenvalue weighted by Crippen LogP contribution is -2.37. The summed E-state index contributed by atoms with van der Waals surface area (Å²) in [5.41, 5.74) is 0.00886. The molecule has 1 fully saturated rings. The topological polar surface area (TPSA) is 73.6 Å². The summed E-state index contributed by atoms with van der Waals surface area (Å²) < 4.78 is 10.9. The van der Waals surface area contributed by atoms with Gasteiger partial charge in [0.25, 0.3) is 5.69 Å². The summed E-state index contributed by atoms with van der Waals surface area (Å²) in [6, 6.07) is 4.38. The molecular formula is C12H16N2O4. The average molecular weight is 252 g/mol. The number of nitrogens with zero attached hydrogens (tertiary/aromatic N) is 1. The van der Waals surface area contributed by atoms with Gasteiger partial charge in [-0.15, -0.1) is 0 Å². The highest BCUT2D eigenvalue weighted by molar-refractivity contribution is 5.48. The van der Waals surface area contributed by atoms with Crippen molar-refractivity contribution in [3.63, 3.8) is 0 Å². The summed E-state index contributed by atoms with van der Waals surface area (Å²) in [6.07, 6.45) is 2.02. The molecular weight excluding hydrogens is 236 g/mol. The van der Waals surface area contributed by atoms with Crippen LogP contribution in [0.1, 0.15) is 12.8 Å². The van der Waals surface area contributed by atoms with Crippen molar-refractivity contribution in [1.82, 2.24) is 5.32 Å². The molecule has 1 aromatic carbocycles. The molecule has 1 aliphatic heterocycles. The molecule has 2 rings (SSSR count). The molecule has 6 nitrogen and oxygen atoms in total. The van der Waals surface area contributed by atoms with Crippen molar-refractivity contribution in [2.75, 3.05) is 20.2 Å². The van der Waals surface area contributed by atoms with Crippen LogP contribution in [-0.4, -0.2) is 31.2 Å². The van der Waals surface area contributed by atoms with Crippen LogP contribution in [0.5, 0.6) is 11.5 Å². The predicted octanol–water partition coefficient (Wildman–Crippen LogP) is 1.73. The monoisotopic (exact) mass is 252 g/mol. The van der Waals surface area contributed by atoms with Crippen molar-refractivity contribution in [3.8, 4) is 11.5 Å². The number of hydrogen-bond donors (Lipinski definition) is 1. The maximum atomic E-state index is 10.7. The lowest BCUT2D eigenvalue weighted by atomic mass is 10.1. The van der Waals surface area contributed by atoms with Crippen LogP contribution in [0.3, 0.4) is 0 Å². The summed E-state index contributed by atoms with van der Waals surface area (Å²) in [5, 5.41) is 14.0. The van der Waals surface area contributed by atoms with Gasteiger partial charge in [-0.05, 0) is 25.5 Å². The van der Waals surface area contributed by atoms with Gasteiger partial charge in [0.2, 0.25) is 0 Å². The summed E-state index contributed by atoms with van der Waals surface area (Å²) in [5.74, 6) is 0.951. The van der Waals surface area contributed by atoms with Gasteiger partial charge in [-0.3, -0.25) is 10.1 Å². The SMILES string of the molecule is COc1ccc([N+](=O)[O-])cc1O[C@H]1CCCNC1. The Labute approximate surface area is 105 Å². The van der Waals surface area contributed by atoms with Crippen molar-refractivity contribution in [2.45, 2.75) is 18.9 Å². The number of nitro groups is 1. The Morgan fingerprint density at radius 2 is 2.28 bits per heavy atom. The van der Waals surface area contributed by atoms with Crippen molar-refractivity contribution < 1.29 is 14.4 Å². The molecule has 1 saturated heterocycles. The highest BCUT2D eigenvalue weighted by atomic mass is 16.6. The van der Waals surface area contributed by atoms with Crippen molar-refractivity contribution in [2.24, 2.45) is 0 Å². The minimum atomic E-state index is -0.439. The van der Waals surface area contributed by atoms with E-state index in [0.717, 1.165) is 25.9 Å². The van der Waals surface area contributed by atoms with E-state index in [4.69, 9.17) is 9.47 Å². The number of ether oxygens (including phenoxy) is 2. The molecule has 0 spiro atoms. The van der Waals surface area contributed by atoms with Crippen LogP contribution in [0.2, 0.25) is 0 Å². The lowest BCUT2D eigenvalue weighted by molar-refractivity contribution is -0.385. The van der Waals surface area contributed by atoms with Gasteiger partial charge in [-0.2, -0.15) is 0 Å². The van der Waals surface area contributed by atoms with Gasteiger partial charge in [0, 0.05) is 12.6 Å². The van der Waals surface area contributed by atoms with E-state index in [1.54, 1.807) is 6.07 Å². The van der Waals surface area contributed by atoms with Gasteiger partial charge in [0.15, 0.2) is 11.5 Å². The molecule has 0 radical (unpaired) electrons. The zero-order valence-corrected chi connectivity index (χ0v) is 10.2. The number of nitrogens with one attached hydrogen (secondary N) is 1. The van der Waals surface area contributed by atoms with E-state index in [1.807, 2.05) is 0 Å². The van der Waals surface area contributed by atoms with Crippen LogP contribution in [-0.2, 0) is 0 Å². The van der Waals surface area contributed by atoms with E-state index in [9.17, 15) is 10.1 Å². The second-order valence-electron chi connectivity index (χ2n) is 4.18. The molecule has 0 aliphatic carbocycles. The number of methoxy groups -OCH3 is 1. The molecule has 0 saturated carbocycles. The molecule has 1 aliphatic rings. The minimum absolute atomic E-state index is 0.00886. The zero-order valence-electron chi connectivity index (χ0n) is 10.2. The third kappa shape index (κ3) is 2.89. The Bertz CT molecular complexity index is 430. The second kappa shape index (κ2) is 5.68. The van der Waals surface area contributed by atoms with Gasteiger partial charge in [-0.25, -0.2) is 0 Å². The van der Waals surface area contributed by atoms with E-state index < -0.39 is 4.92 Å². The van der Waals surface area contributed by atoms with E-state index >= 15 is 0 Å². The molecule has 0 aromatic heterocycles. The fourth-order valence-electron chi connectivity index (χ4n) is 1.97. The first-order chi connectivity index (χ1) is 8.70. The van der Waals surface area contributed by atoms with Gasteiger partial charge in [0.05, 0.1) is 18.1 Å². The number of nitro benzene ring substituents is 1. The molecule has 6 heteroatoms. The smallest absolute Gasteiger partial charge is 0.273 e. The van der Waals surface area contributed by atoms with Crippen LogP contribution in [0.15, 0.2) is 18.2 Å². The standard InChI is InChI=1S/C12H16N2O4/c1-17-11-5-4-9(14(15)16)7-12(11)18-10-3-2-6-13-8-10/h4-5,7,10,13H,2-3,6,8H2,1H3/t10-/m0/s1. The van der Waals surface area contributed by atoms with Crippen molar-refractivity contribution in [1.29, 1.82) is 0 Å². The second-order valence-corrected chi connectivity index (χ2v) is 4.18. The van der Waals surface area contributed by atoms with Gasteiger partial charge < -0.3 is 14.8 Å². The van der Waals surface area contributed by atoms with E-state index in [-0.39, 0.29) is 11.8 Å². The summed E-state index contributed by atoms with van der Waals surface area (Å²) in [6.45, 7) is 1.75. The Hall–Kier alpha value is -1.82. The summed E-state index contributed by atoms with van der Waals surface area (Å²) in [7, 11) is 1.52. The third-order valence-corrected chi connectivity index (χ3v) is 2.90. The van der Waals surface area contributed by atoms with Crippen LogP contribution in [0.4, 0.5) is 5.69 Å². The minimum Gasteiger partial charge on any atom is -0.493 e. The van der Waals surface area contributed by atoms with Crippen LogP contribution < -0.4 is 14.8 Å². The number of rotatable bonds is 4. The molecule has 1 heterocycles. The van der Waals surface area contributed by atoms with Crippen molar-refractivity contribution >= 4 is 5.69 Å². The highest BCUT2D eigenvalue weighted by Gasteiger charge is 2.18. The Balaban J connectivity index is 2.17. The summed E-state index contributed by atoms with van der Waals surface area (Å²) in [4.78, 5) is 10.3. The average Bonchev–Trinajstić information content (AvgIpc) is 2.39.